The highest BCUT2D eigenvalue weighted by atomic mass is 32.2. The van der Waals surface area contributed by atoms with Crippen molar-refractivity contribution in [2.45, 2.75) is 31.6 Å². The Balaban J connectivity index is 1.89. The molecule has 10 heteroatoms. The van der Waals surface area contributed by atoms with Gasteiger partial charge in [-0.2, -0.15) is 8.42 Å². The van der Waals surface area contributed by atoms with E-state index in [0.717, 1.165) is 48.9 Å². The molecule has 7 nitrogen and oxygen atoms in total. The standard InChI is InChI=1S/C23H25FN2O5S2/c1-4-6-13-31-19-12-7-16(14-20(19)30-3)15-21-22(27)26(5-2)23(32-21)25-33(28,29)18-10-8-17(24)9-11-18/h7-12,14-15H,4-6,13H2,1-3H3/b21-15-,25-23?. The van der Waals surface area contributed by atoms with Crippen LogP contribution in [0.4, 0.5) is 4.39 Å². The number of benzene rings is 2. The zero-order valence-electron chi connectivity index (χ0n) is 18.6. The van der Waals surface area contributed by atoms with Gasteiger partial charge in [0, 0.05) is 6.54 Å². The highest BCUT2D eigenvalue weighted by Crippen LogP contribution is 2.35. The van der Waals surface area contributed by atoms with Crippen LogP contribution in [0.15, 0.2) is 56.7 Å². The van der Waals surface area contributed by atoms with Crippen molar-refractivity contribution in [1.29, 1.82) is 0 Å². The van der Waals surface area contributed by atoms with Gasteiger partial charge in [0.15, 0.2) is 16.7 Å². The van der Waals surface area contributed by atoms with Crippen molar-refractivity contribution in [3.63, 3.8) is 0 Å². The number of likely N-dealkylation sites (N-methyl/N-ethyl adjacent to an activating group) is 1. The SMILES string of the molecule is CCCCOc1ccc(/C=C2\SC(=NS(=O)(=O)c3ccc(F)cc3)N(CC)C2=O)cc1OC. The maximum atomic E-state index is 13.2. The number of carbonyl (C=O) groups excluding carboxylic acids is 1. The molecule has 1 fully saturated rings. The lowest BCUT2D eigenvalue weighted by molar-refractivity contribution is -0.122. The Kier molecular flexibility index (Phi) is 8.15. The second-order valence-corrected chi connectivity index (χ2v) is 9.69. The molecule has 2 aromatic carbocycles. The maximum absolute atomic E-state index is 13.2. The number of nitrogens with zero attached hydrogens (tertiary/aromatic N) is 2. The number of hydrogen-bond donors (Lipinski definition) is 0. The number of amides is 1. The minimum absolute atomic E-state index is 0.0459. The molecule has 176 valence electrons. The van der Waals surface area contributed by atoms with Gasteiger partial charge in [-0.15, -0.1) is 4.40 Å². The predicted molar refractivity (Wildman–Crippen MR) is 127 cm³/mol. The van der Waals surface area contributed by atoms with Gasteiger partial charge >= 0.3 is 0 Å². The van der Waals surface area contributed by atoms with Crippen LogP contribution in [0.5, 0.6) is 11.5 Å². The van der Waals surface area contributed by atoms with E-state index >= 15 is 0 Å². The molecular weight excluding hydrogens is 467 g/mol. The summed E-state index contributed by atoms with van der Waals surface area (Å²) in [6.07, 6.45) is 3.59. The minimum Gasteiger partial charge on any atom is -0.493 e. The molecule has 33 heavy (non-hydrogen) atoms. The third kappa shape index (κ3) is 5.94. The molecule has 0 spiro atoms. The summed E-state index contributed by atoms with van der Waals surface area (Å²) >= 11 is 0.968. The van der Waals surface area contributed by atoms with Gasteiger partial charge in [-0.3, -0.25) is 9.69 Å². The number of amidine groups is 1. The quantitative estimate of drug-likeness (QED) is 0.373. The van der Waals surface area contributed by atoms with Crippen LogP contribution in [0.1, 0.15) is 32.3 Å². The van der Waals surface area contributed by atoms with E-state index in [4.69, 9.17) is 9.47 Å². The van der Waals surface area contributed by atoms with E-state index in [9.17, 15) is 17.6 Å². The lowest BCUT2D eigenvalue weighted by Crippen LogP contribution is -2.29. The third-order valence-corrected chi connectivity index (χ3v) is 7.16. The van der Waals surface area contributed by atoms with E-state index in [1.807, 2.05) is 0 Å². The lowest BCUT2D eigenvalue weighted by atomic mass is 10.2. The number of thioether (sulfide) groups is 1. The molecule has 3 rings (SSSR count). The number of hydrogen-bond acceptors (Lipinski definition) is 6. The fraction of sp³-hybridized carbons (Fsp3) is 0.304. The highest BCUT2D eigenvalue weighted by Gasteiger charge is 2.34. The van der Waals surface area contributed by atoms with Crippen LogP contribution in [0.2, 0.25) is 0 Å². The molecule has 1 saturated heterocycles. The van der Waals surface area contributed by atoms with E-state index in [1.165, 1.54) is 12.0 Å². The first-order valence-corrected chi connectivity index (χ1v) is 12.7. The molecule has 1 aliphatic heterocycles. The zero-order chi connectivity index (χ0) is 24.0. The van der Waals surface area contributed by atoms with Gasteiger partial charge in [0.05, 0.1) is 23.5 Å². The summed E-state index contributed by atoms with van der Waals surface area (Å²) in [4.78, 5) is 14.3. The first-order chi connectivity index (χ1) is 15.8. The van der Waals surface area contributed by atoms with Crippen LogP contribution in [-0.4, -0.2) is 44.7 Å². The van der Waals surface area contributed by atoms with E-state index in [0.29, 0.717) is 28.6 Å². The Hall–Kier alpha value is -2.85. The topological polar surface area (TPSA) is 85.3 Å². The second kappa shape index (κ2) is 10.8. The van der Waals surface area contributed by atoms with Crippen molar-refractivity contribution >= 4 is 38.9 Å². The maximum Gasteiger partial charge on any atom is 0.284 e. The number of methoxy groups -OCH3 is 1. The summed E-state index contributed by atoms with van der Waals surface area (Å²) in [5.41, 5.74) is 0.698. The van der Waals surface area contributed by atoms with E-state index < -0.39 is 15.8 Å². The van der Waals surface area contributed by atoms with Gasteiger partial charge in [-0.05, 0) is 73.1 Å². The Morgan fingerprint density at radius 3 is 2.48 bits per heavy atom. The fourth-order valence-corrected chi connectivity index (χ4v) is 5.23. The third-order valence-electron chi connectivity index (χ3n) is 4.75. The smallest absolute Gasteiger partial charge is 0.284 e. The summed E-state index contributed by atoms with van der Waals surface area (Å²) in [6, 6.07) is 9.70. The van der Waals surface area contributed by atoms with Gasteiger partial charge < -0.3 is 9.47 Å². The van der Waals surface area contributed by atoms with E-state index in [1.54, 1.807) is 31.2 Å². The predicted octanol–water partition coefficient (Wildman–Crippen LogP) is 4.69. The van der Waals surface area contributed by atoms with Crippen molar-refractivity contribution in [3.05, 3.63) is 58.8 Å². The van der Waals surface area contributed by atoms with Crippen LogP contribution in [0, 0.1) is 5.82 Å². The molecule has 1 amide bonds. The zero-order valence-corrected chi connectivity index (χ0v) is 20.2. The number of halogens is 1. The minimum atomic E-state index is -4.11. The molecule has 0 aromatic heterocycles. The van der Waals surface area contributed by atoms with Crippen LogP contribution in [0.25, 0.3) is 6.08 Å². The molecular formula is C23H25FN2O5S2. The molecule has 0 radical (unpaired) electrons. The van der Waals surface area contributed by atoms with Gasteiger partial charge in [-0.1, -0.05) is 19.4 Å². The summed E-state index contributed by atoms with van der Waals surface area (Å²) in [5, 5.41) is 0.0459. The van der Waals surface area contributed by atoms with Crippen molar-refractivity contribution in [3.8, 4) is 11.5 Å². The Bertz CT molecular complexity index is 1180. The number of unbranched alkanes of at least 4 members (excludes halogenated alkanes) is 1. The van der Waals surface area contributed by atoms with Crippen molar-refractivity contribution in [2.75, 3.05) is 20.3 Å². The summed E-state index contributed by atoms with van der Waals surface area (Å²) < 4.78 is 53.4. The molecule has 0 aliphatic carbocycles. The number of carbonyl (C=O) groups is 1. The van der Waals surface area contributed by atoms with Crippen molar-refractivity contribution < 1.29 is 27.1 Å². The van der Waals surface area contributed by atoms with Crippen LogP contribution in [-0.2, 0) is 14.8 Å². The molecule has 0 atom stereocenters. The average molecular weight is 493 g/mol. The molecule has 0 bridgehead atoms. The molecule has 0 N–H and O–H groups in total. The molecule has 1 aliphatic rings. The molecule has 0 saturated carbocycles. The van der Waals surface area contributed by atoms with Crippen LogP contribution >= 0.6 is 11.8 Å². The summed E-state index contributed by atoms with van der Waals surface area (Å²) in [5.74, 6) is 0.250. The van der Waals surface area contributed by atoms with E-state index in [-0.39, 0.29) is 22.5 Å². The van der Waals surface area contributed by atoms with Gasteiger partial charge in [0.25, 0.3) is 15.9 Å². The van der Waals surface area contributed by atoms with Gasteiger partial charge in [0.2, 0.25) is 0 Å². The van der Waals surface area contributed by atoms with Crippen LogP contribution < -0.4 is 9.47 Å². The Morgan fingerprint density at radius 2 is 1.85 bits per heavy atom. The Labute approximate surface area is 197 Å². The number of rotatable bonds is 9. The lowest BCUT2D eigenvalue weighted by Gasteiger charge is -2.12. The molecule has 1 heterocycles. The van der Waals surface area contributed by atoms with Gasteiger partial charge in [-0.25, -0.2) is 4.39 Å². The summed E-state index contributed by atoms with van der Waals surface area (Å²) in [7, 11) is -2.57. The normalized spacial score (nSPS) is 16.6. The fourth-order valence-electron chi connectivity index (χ4n) is 2.99. The van der Waals surface area contributed by atoms with Crippen molar-refractivity contribution in [1.82, 2.24) is 4.90 Å². The first-order valence-electron chi connectivity index (χ1n) is 10.4. The summed E-state index contributed by atoms with van der Waals surface area (Å²) in [6.45, 7) is 4.63. The monoisotopic (exact) mass is 492 g/mol. The van der Waals surface area contributed by atoms with Crippen molar-refractivity contribution in [2.24, 2.45) is 4.40 Å². The van der Waals surface area contributed by atoms with Crippen LogP contribution in [0.3, 0.4) is 0 Å². The second-order valence-electron chi connectivity index (χ2n) is 7.08. The number of ether oxygens (including phenoxy) is 2. The molecule has 0 unspecified atom stereocenters. The average Bonchev–Trinajstić information content (AvgIpc) is 3.08. The first kappa shape index (κ1) is 24.8. The number of sulfonamides is 1. The largest absolute Gasteiger partial charge is 0.493 e. The Morgan fingerprint density at radius 1 is 1.12 bits per heavy atom. The molecule has 2 aromatic rings. The van der Waals surface area contributed by atoms with E-state index in [2.05, 4.69) is 11.3 Å². The highest BCUT2D eigenvalue weighted by molar-refractivity contribution is 8.19. The van der Waals surface area contributed by atoms with Gasteiger partial charge in [0.1, 0.15) is 5.82 Å².